The molecule has 0 saturated carbocycles. The van der Waals surface area contributed by atoms with Crippen LogP contribution in [0.5, 0.6) is 0 Å². The van der Waals surface area contributed by atoms with E-state index in [1.165, 1.54) is 0 Å². The predicted molar refractivity (Wildman–Crippen MR) is 62.6 cm³/mol. The second kappa shape index (κ2) is 5.28. The van der Waals surface area contributed by atoms with Crippen LogP contribution in [0, 0.1) is 0 Å². The van der Waals surface area contributed by atoms with Crippen LogP contribution in [-0.4, -0.2) is 34.6 Å². The third-order valence-electron chi connectivity index (χ3n) is 2.91. The van der Waals surface area contributed by atoms with E-state index in [9.17, 15) is 0 Å². The number of hydrogen-bond donors (Lipinski definition) is 1. The summed E-state index contributed by atoms with van der Waals surface area (Å²) in [5.74, 6) is 0. The lowest BCUT2D eigenvalue weighted by Crippen LogP contribution is -2.30. The summed E-state index contributed by atoms with van der Waals surface area (Å²) in [7, 11) is 4.17. The molecule has 0 radical (unpaired) electrons. The zero-order valence-corrected chi connectivity index (χ0v) is 10.1. The molecule has 2 atom stereocenters. The normalized spacial score (nSPS) is 15.6. The van der Waals surface area contributed by atoms with Gasteiger partial charge < -0.3 is 15.2 Å². The van der Waals surface area contributed by atoms with Gasteiger partial charge in [0.25, 0.3) is 0 Å². The summed E-state index contributed by atoms with van der Waals surface area (Å²) in [5.41, 5.74) is 7.15. The Hall–Kier alpha value is -0.870. The average Bonchev–Trinajstić information content (AvgIpc) is 2.64. The van der Waals surface area contributed by atoms with Crippen LogP contribution in [-0.2, 0) is 6.54 Å². The Bertz CT molecular complexity index is 293. The number of hydrogen-bond acceptors (Lipinski definition) is 3. The molecule has 1 aromatic rings. The van der Waals surface area contributed by atoms with Crippen LogP contribution in [0.3, 0.4) is 0 Å². The molecule has 0 spiro atoms. The molecule has 2 N–H and O–H groups in total. The highest BCUT2D eigenvalue weighted by Crippen LogP contribution is 2.13. The Morgan fingerprint density at radius 3 is 2.73 bits per heavy atom. The summed E-state index contributed by atoms with van der Waals surface area (Å²) < 4.78 is 2.15. The quantitative estimate of drug-likeness (QED) is 0.795. The van der Waals surface area contributed by atoms with E-state index < -0.39 is 0 Å². The predicted octanol–water partition coefficient (Wildman–Crippen LogP) is 1.24. The van der Waals surface area contributed by atoms with Crippen molar-refractivity contribution in [1.82, 2.24) is 14.5 Å². The molecule has 4 heteroatoms. The van der Waals surface area contributed by atoms with E-state index in [-0.39, 0.29) is 6.04 Å². The van der Waals surface area contributed by atoms with Crippen LogP contribution in [0.25, 0.3) is 0 Å². The van der Waals surface area contributed by atoms with Gasteiger partial charge in [0.1, 0.15) is 0 Å². The lowest BCUT2D eigenvalue weighted by Gasteiger charge is -2.22. The van der Waals surface area contributed by atoms with Crippen molar-refractivity contribution in [1.29, 1.82) is 0 Å². The van der Waals surface area contributed by atoms with Crippen LogP contribution >= 0.6 is 0 Å². The number of nitrogens with two attached hydrogens (primary N) is 1. The van der Waals surface area contributed by atoms with E-state index in [1.54, 1.807) is 0 Å². The molecule has 0 aliphatic carbocycles. The minimum absolute atomic E-state index is 0.0989. The van der Waals surface area contributed by atoms with E-state index in [0.29, 0.717) is 6.04 Å². The van der Waals surface area contributed by atoms with Crippen LogP contribution in [0.1, 0.15) is 32.0 Å². The summed E-state index contributed by atoms with van der Waals surface area (Å²) in [4.78, 5) is 6.36. The van der Waals surface area contributed by atoms with Crippen LogP contribution in [0.15, 0.2) is 12.5 Å². The molecule has 0 aliphatic heterocycles. The van der Waals surface area contributed by atoms with E-state index >= 15 is 0 Å². The first-order valence-electron chi connectivity index (χ1n) is 5.48. The first-order chi connectivity index (χ1) is 7.06. The largest absolute Gasteiger partial charge is 0.332 e. The smallest absolute Gasteiger partial charge is 0.0949 e. The molecule has 86 valence electrons. The molecule has 1 aromatic heterocycles. The average molecular weight is 210 g/mol. The standard InChI is InChI=1S/C11H22N4/c1-5-10(12)11-6-13-8-15(11)7-9(2)14(3)4/h6,8-10H,5,7,12H2,1-4H3/t9?,10-/m1/s1. The maximum atomic E-state index is 6.02. The van der Waals surface area contributed by atoms with Crippen LogP contribution in [0.4, 0.5) is 0 Å². The summed E-state index contributed by atoms with van der Waals surface area (Å²) in [6.07, 6.45) is 4.68. The zero-order valence-electron chi connectivity index (χ0n) is 10.1. The molecule has 0 aromatic carbocycles. The highest BCUT2D eigenvalue weighted by Gasteiger charge is 2.12. The molecule has 0 fully saturated rings. The fourth-order valence-corrected chi connectivity index (χ4v) is 1.45. The highest BCUT2D eigenvalue weighted by molar-refractivity contribution is 5.04. The van der Waals surface area contributed by atoms with Crippen molar-refractivity contribution < 1.29 is 0 Å². The first-order valence-corrected chi connectivity index (χ1v) is 5.48. The van der Waals surface area contributed by atoms with Gasteiger partial charge in [0.05, 0.1) is 12.0 Å². The van der Waals surface area contributed by atoms with Gasteiger partial charge in [-0.15, -0.1) is 0 Å². The highest BCUT2D eigenvalue weighted by atomic mass is 15.2. The molecular weight excluding hydrogens is 188 g/mol. The Kier molecular flexibility index (Phi) is 4.29. The number of aromatic nitrogens is 2. The van der Waals surface area contributed by atoms with E-state index in [2.05, 4.69) is 42.4 Å². The van der Waals surface area contributed by atoms with Gasteiger partial charge >= 0.3 is 0 Å². The topological polar surface area (TPSA) is 47.1 Å². The molecule has 0 aliphatic rings. The fourth-order valence-electron chi connectivity index (χ4n) is 1.45. The van der Waals surface area contributed by atoms with Gasteiger partial charge in [-0.05, 0) is 27.4 Å². The van der Waals surface area contributed by atoms with E-state index in [1.807, 2.05) is 12.5 Å². The Morgan fingerprint density at radius 2 is 2.20 bits per heavy atom. The molecule has 4 nitrogen and oxygen atoms in total. The monoisotopic (exact) mass is 210 g/mol. The lowest BCUT2D eigenvalue weighted by molar-refractivity contribution is 0.280. The van der Waals surface area contributed by atoms with Crippen molar-refractivity contribution in [2.24, 2.45) is 5.73 Å². The maximum absolute atomic E-state index is 6.02. The molecular formula is C11H22N4. The molecule has 1 heterocycles. The number of rotatable bonds is 5. The SMILES string of the molecule is CC[C@@H](N)c1cncn1CC(C)N(C)C. The first kappa shape index (κ1) is 12.2. The van der Waals surface area contributed by atoms with Gasteiger partial charge in [0.15, 0.2) is 0 Å². The van der Waals surface area contributed by atoms with Crippen molar-refractivity contribution in [3.8, 4) is 0 Å². The maximum Gasteiger partial charge on any atom is 0.0949 e. The summed E-state index contributed by atoms with van der Waals surface area (Å²) in [6, 6.07) is 0.587. The van der Waals surface area contributed by atoms with Crippen molar-refractivity contribution in [2.45, 2.75) is 38.9 Å². The second-order valence-corrected chi connectivity index (χ2v) is 4.30. The number of nitrogens with zero attached hydrogens (tertiary/aromatic N) is 3. The van der Waals surface area contributed by atoms with E-state index in [4.69, 9.17) is 5.73 Å². The third-order valence-corrected chi connectivity index (χ3v) is 2.91. The second-order valence-electron chi connectivity index (χ2n) is 4.30. The molecule has 0 saturated heterocycles. The Morgan fingerprint density at radius 1 is 1.53 bits per heavy atom. The van der Waals surface area contributed by atoms with Crippen LogP contribution < -0.4 is 5.73 Å². The van der Waals surface area contributed by atoms with Crippen molar-refractivity contribution in [2.75, 3.05) is 14.1 Å². The van der Waals surface area contributed by atoms with E-state index in [0.717, 1.165) is 18.7 Å². The lowest BCUT2D eigenvalue weighted by atomic mass is 10.2. The van der Waals surface area contributed by atoms with Gasteiger partial charge in [0.2, 0.25) is 0 Å². The van der Waals surface area contributed by atoms with Crippen LogP contribution in [0.2, 0.25) is 0 Å². The molecule has 15 heavy (non-hydrogen) atoms. The Labute approximate surface area is 92.1 Å². The van der Waals surface area contributed by atoms with Crippen molar-refractivity contribution in [3.63, 3.8) is 0 Å². The molecule has 1 rings (SSSR count). The third kappa shape index (κ3) is 3.04. The number of likely N-dealkylation sites (N-methyl/N-ethyl adjacent to an activating group) is 1. The minimum atomic E-state index is 0.0989. The molecule has 0 amide bonds. The fraction of sp³-hybridized carbons (Fsp3) is 0.727. The van der Waals surface area contributed by atoms with Crippen molar-refractivity contribution >= 4 is 0 Å². The summed E-state index contributed by atoms with van der Waals surface area (Å²) in [5, 5.41) is 0. The van der Waals surface area contributed by atoms with Crippen molar-refractivity contribution in [3.05, 3.63) is 18.2 Å². The minimum Gasteiger partial charge on any atom is -0.332 e. The zero-order chi connectivity index (χ0) is 11.4. The van der Waals surface area contributed by atoms with Gasteiger partial charge in [-0.2, -0.15) is 0 Å². The summed E-state index contributed by atoms with van der Waals surface area (Å²) in [6.45, 7) is 5.23. The van der Waals surface area contributed by atoms with Gasteiger partial charge in [0, 0.05) is 24.8 Å². The van der Waals surface area contributed by atoms with Gasteiger partial charge in [-0.1, -0.05) is 6.92 Å². The van der Waals surface area contributed by atoms with Gasteiger partial charge in [-0.25, -0.2) is 4.98 Å². The summed E-state index contributed by atoms with van der Waals surface area (Å²) >= 11 is 0. The molecule has 0 bridgehead atoms. The molecule has 1 unspecified atom stereocenters. The van der Waals surface area contributed by atoms with Gasteiger partial charge in [-0.3, -0.25) is 0 Å². The number of imidazole rings is 1. The Balaban J connectivity index is 2.73.